The van der Waals surface area contributed by atoms with Crippen LogP contribution in [0.15, 0.2) is 28.7 Å². The van der Waals surface area contributed by atoms with E-state index in [1.165, 1.54) is 5.56 Å². The van der Waals surface area contributed by atoms with Crippen molar-refractivity contribution in [1.29, 1.82) is 0 Å². The van der Waals surface area contributed by atoms with E-state index in [0.29, 0.717) is 6.54 Å². The van der Waals surface area contributed by atoms with Gasteiger partial charge in [0, 0.05) is 16.6 Å². The summed E-state index contributed by atoms with van der Waals surface area (Å²) in [7, 11) is 1.95. The quantitative estimate of drug-likeness (QED) is 0.927. The van der Waals surface area contributed by atoms with Crippen molar-refractivity contribution < 1.29 is 4.79 Å². The van der Waals surface area contributed by atoms with Gasteiger partial charge in [0.25, 0.3) is 0 Å². The number of carbonyl (C=O) groups excluding carboxylic acids is 1. The maximum atomic E-state index is 11.8. The van der Waals surface area contributed by atoms with Crippen molar-refractivity contribution in [2.45, 2.75) is 32.9 Å². The number of benzene rings is 1. The molecule has 3 nitrogen and oxygen atoms in total. The molecule has 0 aromatic heterocycles. The molecule has 1 amide bonds. The lowest BCUT2D eigenvalue weighted by Crippen LogP contribution is -2.45. The molecule has 0 radical (unpaired) electrons. The SMILES string of the molecule is CN(CC(=O)NC(C)(C)C)Cc1ccccc1Br. The zero-order valence-corrected chi connectivity index (χ0v) is 13.0. The van der Waals surface area contributed by atoms with Crippen LogP contribution in [-0.2, 0) is 11.3 Å². The molecule has 1 aromatic carbocycles. The molecule has 100 valence electrons. The molecule has 0 heterocycles. The van der Waals surface area contributed by atoms with Crippen LogP contribution in [0.3, 0.4) is 0 Å². The number of hydrogen-bond acceptors (Lipinski definition) is 2. The largest absolute Gasteiger partial charge is 0.350 e. The van der Waals surface area contributed by atoms with Crippen molar-refractivity contribution in [2.24, 2.45) is 0 Å². The molecular weight excluding hydrogens is 292 g/mol. The van der Waals surface area contributed by atoms with Gasteiger partial charge in [-0.05, 0) is 39.4 Å². The third kappa shape index (κ3) is 5.65. The van der Waals surface area contributed by atoms with Gasteiger partial charge in [-0.15, -0.1) is 0 Å². The summed E-state index contributed by atoms with van der Waals surface area (Å²) in [5.74, 6) is 0.0528. The van der Waals surface area contributed by atoms with Crippen molar-refractivity contribution in [3.63, 3.8) is 0 Å². The smallest absolute Gasteiger partial charge is 0.234 e. The van der Waals surface area contributed by atoms with Gasteiger partial charge in [-0.2, -0.15) is 0 Å². The average Bonchev–Trinajstić information content (AvgIpc) is 2.18. The Labute approximate surface area is 118 Å². The number of amides is 1. The summed E-state index contributed by atoms with van der Waals surface area (Å²) >= 11 is 3.51. The molecule has 1 rings (SSSR count). The minimum atomic E-state index is -0.175. The predicted molar refractivity (Wildman–Crippen MR) is 78.4 cm³/mol. The van der Waals surface area contributed by atoms with Crippen LogP contribution in [0.2, 0.25) is 0 Å². The lowest BCUT2D eigenvalue weighted by Gasteiger charge is -2.23. The third-order valence-corrected chi connectivity index (χ3v) is 3.10. The lowest BCUT2D eigenvalue weighted by atomic mass is 10.1. The van der Waals surface area contributed by atoms with Crippen LogP contribution in [0, 0.1) is 0 Å². The minimum absolute atomic E-state index is 0.0528. The first-order valence-corrected chi connectivity index (χ1v) is 6.80. The molecule has 1 aromatic rings. The number of carbonyl (C=O) groups is 1. The summed E-state index contributed by atoms with van der Waals surface area (Å²) in [5.41, 5.74) is 1.01. The Morgan fingerprint density at radius 1 is 1.33 bits per heavy atom. The van der Waals surface area contributed by atoms with E-state index in [4.69, 9.17) is 0 Å². The second-order valence-corrected chi connectivity index (χ2v) is 6.42. The van der Waals surface area contributed by atoms with Crippen molar-refractivity contribution >= 4 is 21.8 Å². The van der Waals surface area contributed by atoms with Crippen LogP contribution >= 0.6 is 15.9 Å². The maximum absolute atomic E-state index is 11.8. The van der Waals surface area contributed by atoms with E-state index >= 15 is 0 Å². The summed E-state index contributed by atoms with van der Waals surface area (Å²) in [6.07, 6.45) is 0. The number of likely N-dealkylation sites (N-methyl/N-ethyl adjacent to an activating group) is 1. The monoisotopic (exact) mass is 312 g/mol. The number of hydrogen-bond donors (Lipinski definition) is 1. The molecule has 1 N–H and O–H groups in total. The Hall–Kier alpha value is -0.870. The van der Waals surface area contributed by atoms with Gasteiger partial charge in [0.05, 0.1) is 6.54 Å². The van der Waals surface area contributed by atoms with Crippen molar-refractivity contribution in [3.8, 4) is 0 Å². The first-order chi connectivity index (χ1) is 8.28. The standard InChI is InChI=1S/C14H21BrN2O/c1-14(2,3)16-13(18)10-17(4)9-11-7-5-6-8-12(11)15/h5-8H,9-10H2,1-4H3,(H,16,18). The lowest BCUT2D eigenvalue weighted by molar-refractivity contribution is -0.123. The summed E-state index contributed by atoms with van der Waals surface area (Å²) in [6.45, 7) is 7.10. The number of rotatable bonds is 4. The molecule has 4 heteroatoms. The maximum Gasteiger partial charge on any atom is 0.234 e. The topological polar surface area (TPSA) is 32.3 Å². The fourth-order valence-corrected chi connectivity index (χ4v) is 2.09. The van der Waals surface area contributed by atoms with E-state index in [1.54, 1.807) is 0 Å². The van der Waals surface area contributed by atoms with Crippen LogP contribution < -0.4 is 5.32 Å². The van der Waals surface area contributed by atoms with Gasteiger partial charge in [-0.3, -0.25) is 9.69 Å². The highest BCUT2D eigenvalue weighted by atomic mass is 79.9. The molecule has 0 spiro atoms. The van der Waals surface area contributed by atoms with Gasteiger partial charge in [-0.25, -0.2) is 0 Å². The van der Waals surface area contributed by atoms with E-state index in [2.05, 4.69) is 27.3 Å². The molecule has 0 atom stereocenters. The van der Waals surface area contributed by atoms with Gasteiger partial charge < -0.3 is 5.32 Å². The van der Waals surface area contributed by atoms with Crippen molar-refractivity contribution in [2.75, 3.05) is 13.6 Å². The fourth-order valence-electron chi connectivity index (χ4n) is 1.68. The zero-order chi connectivity index (χ0) is 13.8. The Kier molecular flexibility index (Phi) is 5.35. The zero-order valence-electron chi connectivity index (χ0n) is 11.5. The molecular formula is C14H21BrN2O. The third-order valence-electron chi connectivity index (χ3n) is 2.33. The van der Waals surface area contributed by atoms with E-state index in [9.17, 15) is 4.79 Å². The van der Waals surface area contributed by atoms with Crippen LogP contribution in [0.4, 0.5) is 0 Å². The molecule has 0 saturated heterocycles. The molecule has 0 fully saturated rings. The van der Waals surface area contributed by atoms with Gasteiger partial charge >= 0.3 is 0 Å². The van der Waals surface area contributed by atoms with Crippen molar-refractivity contribution in [3.05, 3.63) is 34.3 Å². The minimum Gasteiger partial charge on any atom is -0.350 e. The Morgan fingerprint density at radius 3 is 2.50 bits per heavy atom. The number of halogens is 1. The predicted octanol–water partition coefficient (Wildman–Crippen LogP) is 2.80. The first kappa shape index (κ1) is 15.2. The molecule has 0 aliphatic heterocycles. The number of nitrogens with one attached hydrogen (secondary N) is 1. The first-order valence-electron chi connectivity index (χ1n) is 6.01. The van der Waals surface area contributed by atoms with E-state index in [1.807, 2.05) is 50.9 Å². The van der Waals surface area contributed by atoms with Crippen LogP contribution in [0.25, 0.3) is 0 Å². The van der Waals surface area contributed by atoms with Crippen molar-refractivity contribution in [1.82, 2.24) is 10.2 Å². The molecule has 0 unspecified atom stereocenters. The molecule has 0 bridgehead atoms. The van der Waals surface area contributed by atoms with E-state index in [0.717, 1.165) is 11.0 Å². The molecule has 0 saturated carbocycles. The summed E-state index contributed by atoms with van der Waals surface area (Å²) in [6, 6.07) is 8.06. The van der Waals surface area contributed by atoms with E-state index < -0.39 is 0 Å². The molecule has 0 aliphatic rings. The van der Waals surface area contributed by atoms with E-state index in [-0.39, 0.29) is 11.4 Å². The molecule has 18 heavy (non-hydrogen) atoms. The average molecular weight is 313 g/mol. The fraction of sp³-hybridized carbons (Fsp3) is 0.500. The van der Waals surface area contributed by atoms with Gasteiger partial charge in [0.15, 0.2) is 0 Å². The highest BCUT2D eigenvalue weighted by Gasteiger charge is 2.15. The highest BCUT2D eigenvalue weighted by Crippen LogP contribution is 2.17. The van der Waals surface area contributed by atoms with Gasteiger partial charge in [0.2, 0.25) is 5.91 Å². The van der Waals surface area contributed by atoms with Gasteiger partial charge in [0.1, 0.15) is 0 Å². The van der Waals surface area contributed by atoms with Crippen LogP contribution in [0.1, 0.15) is 26.3 Å². The Balaban J connectivity index is 2.50. The summed E-state index contributed by atoms with van der Waals surface area (Å²) < 4.78 is 1.08. The van der Waals surface area contributed by atoms with Gasteiger partial charge in [-0.1, -0.05) is 34.1 Å². The van der Waals surface area contributed by atoms with Crippen LogP contribution in [-0.4, -0.2) is 29.9 Å². The Bertz CT molecular complexity index is 413. The second kappa shape index (κ2) is 6.34. The second-order valence-electron chi connectivity index (χ2n) is 5.56. The number of nitrogens with zero attached hydrogens (tertiary/aromatic N) is 1. The summed E-state index contributed by atoms with van der Waals surface area (Å²) in [4.78, 5) is 13.8. The Morgan fingerprint density at radius 2 is 1.94 bits per heavy atom. The van der Waals surface area contributed by atoms with Crippen LogP contribution in [0.5, 0.6) is 0 Å². The highest BCUT2D eigenvalue weighted by molar-refractivity contribution is 9.10. The summed E-state index contributed by atoms with van der Waals surface area (Å²) in [5, 5.41) is 2.96. The normalized spacial score (nSPS) is 11.7. The molecule has 0 aliphatic carbocycles.